The monoisotopic (exact) mass is 520 g/mol. The van der Waals surface area contributed by atoms with Crippen molar-refractivity contribution in [3.8, 4) is 28.7 Å². The lowest BCUT2D eigenvalue weighted by atomic mass is 10.2. The molecule has 3 rings (SSSR count). The highest BCUT2D eigenvalue weighted by molar-refractivity contribution is 5.97. The van der Waals surface area contributed by atoms with E-state index in [1.54, 1.807) is 60.7 Å². The Morgan fingerprint density at radius 2 is 1.21 bits per heavy atom. The van der Waals surface area contributed by atoms with Crippen molar-refractivity contribution >= 4 is 24.2 Å². The average Bonchev–Trinajstić information content (AvgIpc) is 2.95. The summed E-state index contributed by atoms with van der Waals surface area (Å²) in [6.07, 6.45) is 2.86. The van der Waals surface area contributed by atoms with Crippen molar-refractivity contribution in [1.29, 1.82) is 0 Å². The van der Waals surface area contributed by atoms with Gasteiger partial charge in [-0.1, -0.05) is 24.3 Å². The van der Waals surface area contributed by atoms with Gasteiger partial charge in [-0.25, -0.2) is 10.9 Å². The number of ether oxygens (including phenoxy) is 5. The summed E-state index contributed by atoms with van der Waals surface area (Å²) in [4.78, 5) is 25.0. The normalized spacial score (nSPS) is 10.7. The van der Waals surface area contributed by atoms with E-state index in [2.05, 4.69) is 21.1 Å². The minimum atomic E-state index is -0.526. The molecule has 11 nitrogen and oxygen atoms in total. The average molecular weight is 521 g/mol. The number of nitrogens with zero attached hydrogens (tertiary/aromatic N) is 2. The van der Waals surface area contributed by atoms with E-state index in [4.69, 9.17) is 23.7 Å². The molecule has 11 heteroatoms. The van der Waals surface area contributed by atoms with Crippen molar-refractivity contribution in [2.45, 2.75) is 0 Å². The van der Waals surface area contributed by atoms with Crippen molar-refractivity contribution in [2.75, 3.05) is 35.0 Å². The minimum absolute atomic E-state index is 0.194. The largest absolute Gasteiger partial charge is 0.493 e. The first-order valence-corrected chi connectivity index (χ1v) is 11.3. The maximum Gasteiger partial charge on any atom is 0.277 e. The first-order chi connectivity index (χ1) is 18.5. The van der Waals surface area contributed by atoms with Crippen LogP contribution in [0.1, 0.15) is 21.5 Å². The molecule has 0 heterocycles. The van der Waals surface area contributed by atoms with Gasteiger partial charge in [-0.3, -0.25) is 9.59 Å². The van der Waals surface area contributed by atoms with Crippen LogP contribution in [0, 0.1) is 0 Å². The van der Waals surface area contributed by atoms with Gasteiger partial charge in [-0.15, -0.1) is 0 Å². The molecule has 0 unspecified atom stereocenters. The second-order valence-electron chi connectivity index (χ2n) is 7.44. The standard InChI is InChI=1S/C27H28N4O7/c1-34-22-13-7-9-18(25(22)36-3)15-28-30-24(32)17-38-21-12-6-5-11-20(21)27(33)31-29-16-19-10-8-14-23(35-2)26(19)37-4/h5-16H,17H2,1-4H3,(H,30,32)(H,31,33)/b28-15+,29-16+. The summed E-state index contributed by atoms with van der Waals surface area (Å²) >= 11 is 0. The number of methoxy groups -OCH3 is 4. The zero-order valence-electron chi connectivity index (χ0n) is 21.4. The maximum atomic E-state index is 12.7. The van der Waals surface area contributed by atoms with Gasteiger partial charge in [0.2, 0.25) is 0 Å². The summed E-state index contributed by atoms with van der Waals surface area (Å²) in [6.45, 7) is -0.374. The number of carbonyl (C=O) groups excluding carboxylic acids is 2. The van der Waals surface area contributed by atoms with Crippen LogP contribution in [0.25, 0.3) is 0 Å². The van der Waals surface area contributed by atoms with Crippen LogP contribution in [0.15, 0.2) is 70.9 Å². The van der Waals surface area contributed by atoms with E-state index in [1.165, 1.54) is 40.9 Å². The predicted octanol–water partition coefficient (Wildman–Crippen LogP) is 3.01. The molecule has 0 bridgehead atoms. The van der Waals surface area contributed by atoms with Crippen LogP contribution in [-0.2, 0) is 4.79 Å². The zero-order chi connectivity index (χ0) is 27.3. The van der Waals surface area contributed by atoms with Crippen LogP contribution in [0.3, 0.4) is 0 Å². The number of rotatable bonds is 12. The molecule has 0 atom stereocenters. The molecular formula is C27H28N4O7. The lowest BCUT2D eigenvalue weighted by Crippen LogP contribution is -2.26. The van der Waals surface area contributed by atoms with Crippen molar-refractivity contribution < 1.29 is 33.3 Å². The van der Waals surface area contributed by atoms with Crippen LogP contribution in [0.2, 0.25) is 0 Å². The van der Waals surface area contributed by atoms with Gasteiger partial charge in [0.25, 0.3) is 11.8 Å². The van der Waals surface area contributed by atoms with Crippen LogP contribution < -0.4 is 34.5 Å². The molecule has 0 aromatic heterocycles. The Morgan fingerprint density at radius 3 is 1.76 bits per heavy atom. The Bertz CT molecular complexity index is 1320. The van der Waals surface area contributed by atoms with Crippen molar-refractivity contribution in [3.63, 3.8) is 0 Å². The highest BCUT2D eigenvalue weighted by atomic mass is 16.5. The van der Waals surface area contributed by atoms with E-state index in [0.29, 0.717) is 34.1 Å². The second kappa shape index (κ2) is 13.9. The summed E-state index contributed by atoms with van der Waals surface area (Å²) in [7, 11) is 6.08. The molecule has 3 aromatic carbocycles. The first-order valence-electron chi connectivity index (χ1n) is 11.3. The first kappa shape index (κ1) is 27.5. The number of hydrogen-bond acceptors (Lipinski definition) is 9. The molecule has 0 fully saturated rings. The summed E-state index contributed by atoms with van der Waals surface area (Å²) in [5.74, 6) is 1.18. The fraction of sp³-hybridized carbons (Fsp3) is 0.185. The van der Waals surface area contributed by atoms with Gasteiger partial charge < -0.3 is 23.7 Å². The van der Waals surface area contributed by atoms with Gasteiger partial charge in [-0.2, -0.15) is 10.2 Å². The Labute approximate surface area is 220 Å². The van der Waals surface area contributed by atoms with Crippen molar-refractivity contribution in [2.24, 2.45) is 10.2 Å². The highest BCUT2D eigenvalue weighted by Crippen LogP contribution is 2.30. The molecule has 0 saturated heterocycles. The van der Waals surface area contributed by atoms with Gasteiger partial charge in [0.1, 0.15) is 5.75 Å². The molecular weight excluding hydrogens is 492 g/mol. The summed E-state index contributed by atoms with van der Waals surface area (Å²) < 4.78 is 26.7. The molecule has 0 aliphatic rings. The Balaban J connectivity index is 1.59. The smallest absolute Gasteiger partial charge is 0.277 e. The highest BCUT2D eigenvalue weighted by Gasteiger charge is 2.14. The van der Waals surface area contributed by atoms with Gasteiger partial charge in [0.15, 0.2) is 29.6 Å². The molecule has 2 N–H and O–H groups in total. The summed E-state index contributed by atoms with van der Waals surface area (Å²) in [5, 5.41) is 7.93. The number of hydrazone groups is 2. The number of hydrogen-bond donors (Lipinski definition) is 2. The molecule has 0 aliphatic heterocycles. The van der Waals surface area contributed by atoms with Gasteiger partial charge in [-0.05, 0) is 36.4 Å². The number of carbonyl (C=O) groups is 2. The van der Waals surface area contributed by atoms with E-state index >= 15 is 0 Å². The van der Waals surface area contributed by atoms with E-state index in [0.717, 1.165) is 0 Å². The lowest BCUT2D eigenvalue weighted by Gasteiger charge is -2.11. The molecule has 38 heavy (non-hydrogen) atoms. The molecule has 0 saturated carbocycles. The van der Waals surface area contributed by atoms with E-state index < -0.39 is 11.8 Å². The number of para-hydroxylation sites is 3. The third-order valence-electron chi connectivity index (χ3n) is 5.12. The van der Waals surface area contributed by atoms with Crippen LogP contribution >= 0.6 is 0 Å². The van der Waals surface area contributed by atoms with E-state index in [9.17, 15) is 9.59 Å². The fourth-order valence-electron chi connectivity index (χ4n) is 3.38. The van der Waals surface area contributed by atoms with E-state index in [-0.39, 0.29) is 17.9 Å². The topological polar surface area (TPSA) is 129 Å². The number of benzene rings is 3. The molecule has 0 spiro atoms. The SMILES string of the molecule is COc1cccc(/C=N/NC(=O)COc2ccccc2C(=O)N/N=C/c2cccc(OC)c2OC)c1OC. The van der Waals surface area contributed by atoms with Gasteiger partial charge in [0, 0.05) is 11.1 Å². The molecule has 2 amide bonds. The summed E-state index contributed by atoms with van der Waals surface area (Å²) in [6, 6.07) is 17.0. The third kappa shape index (κ3) is 7.00. The Kier molecular flexibility index (Phi) is 10.1. The van der Waals surface area contributed by atoms with Gasteiger partial charge >= 0.3 is 0 Å². The lowest BCUT2D eigenvalue weighted by molar-refractivity contribution is -0.123. The minimum Gasteiger partial charge on any atom is -0.493 e. The fourth-order valence-corrected chi connectivity index (χ4v) is 3.38. The van der Waals surface area contributed by atoms with Crippen LogP contribution in [0.4, 0.5) is 0 Å². The Hall–Kier alpha value is -5.06. The predicted molar refractivity (Wildman–Crippen MR) is 142 cm³/mol. The maximum absolute atomic E-state index is 12.7. The molecule has 3 aromatic rings. The molecule has 198 valence electrons. The third-order valence-corrected chi connectivity index (χ3v) is 5.12. The molecule has 0 aliphatic carbocycles. The van der Waals surface area contributed by atoms with E-state index in [1.807, 2.05) is 0 Å². The zero-order valence-corrected chi connectivity index (χ0v) is 21.4. The van der Waals surface area contributed by atoms with Crippen LogP contribution in [-0.4, -0.2) is 59.3 Å². The van der Waals surface area contributed by atoms with Gasteiger partial charge in [0.05, 0.1) is 46.4 Å². The molecule has 0 radical (unpaired) electrons. The Morgan fingerprint density at radius 1 is 0.684 bits per heavy atom. The van der Waals surface area contributed by atoms with Crippen molar-refractivity contribution in [1.82, 2.24) is 10.9 Å². The van der Waals surface area contributed by atoms with Crippen LogP contribution in [0.5, 0.6) is 28.7 Å². The second-order valence-corrected chi connectivity index (χ2v) is 7.44. The quantitative estimate of drug-likeness (QED) is 0.277. The van der Waals surface area contributed by atoms with Crippen molar-refractivity contribution in [3.05, 3.63) is 77.4 Å². The number of amides is 2. The number of nitrogens with one attached hydrogen (secondary N) is 2. The summed E-state index contributed by atoms with van der Waals surface area (Å²) in [5.41, 5.74) is 6.24.